The Labute approximate surface area is 111 Å². The molecule has 0 saturated carbocycles. The molecule has 2 atom stereocenters. The van der Waals surface area contributed by atoms with Crippen molar-refractivity contribution in [2.75, 3.05) is 6.54 Å². The number of unbranched alkanes of at least 4 members (excludes halogenated alkanes) is 1. The molecule has 0 rings (SSSR count). The Bertz CT molecular complexity index is 321. The molecule has 0 fully saturated rings. The highest BCUT2D eigenvalue weighted by Gasteiger charge is 2.23. The van der Waals surface area contributed by atoms with Gasteiger partial charge in [0, 0.05) is 6.42 Å². The Balaban J connectivity index is 4.22. The van der Waals surface area contributed by atoms with Gasteiger partial charge in [-0.2, -0.15) is 0 Å². The summed E-state index contributed by atoms with van der Waals surface area (Å²) < 4.78 is 0. The summed E-state index contributed by atoms with van der Waals surface area (Å²) >= 11 is 0. The van der Waals surface area contributed by atoms with Gasteiger partial charge >= 0.3 is 11.9 Å². The molecular formula is C11H21N3O5. The van der Waals surface area contributed by atoms with Gasteiger partial charge in [-0.1, -0.05) is 6.42 Å². The number of amides is 1. The van der Waals surface area contributed by atoms with E-state index in [9.17, 15) is 14.4 Å². The third kappa shape index (κ3) is 8.11. The standard InChI is InChI=1S/C11H21N3O5/c12-6-2-1-3-7(13)10(17)14-8(11(18)19)4-5-9(15)16/h7-8H,1-6,12-13H2,(H,14,17)(H,15,16)(H,18,19)/t7-,8+/m0/s1. The molecule has 8 nitrogen and oxygen atoms in total. The predicted molar refractivity (Wildman–Crippen MR) is 67.3 cm³/mol. The first-order chi connectivity index (χ1) is 8.88. The molecular weight excluding hydrogens is 254 g/mol. The number of carboxylic acids is 2. The molecule has 0 heterocycles. The van der Waals surface area contributed by atoms with Gasteiger partial charge < -0.3 is 27.0 Å². The zero-order chi connectivity index (χ0) is 14.8. The quantitative estimate of drug-likeness (QED) is 0.316. The third-order valence-corrected chi connectivity index (χ3v) is 2.57. The van der Waals surface area contributed by atoms with Crippen molar-refractivity contribution in [3.8, 4) is 0 Å². The average Bonchev–Trinajstić information content (AvgIpc) is 2.33. The normalized spacial score (nSPS) is 13.6. The van der Waals surface area contributed by atoms with Crippen LogP contribution in [0.15, 0.2) is 0 Å². The van der Waals surface area contributed by atoms with Crippen LogP contribution in [0.2, 0.25) is 0 Å². The topological polar surface area (TPSA) is 156 Å². The number of rotatable bonds is 10. The van der Waals surface area contributed by atoms with Crippen LogP contribution in [0.5, 0.6) is 0 Å². The number of aliphatic carboxylic acids is 2. The smallest absolute Gasteiger partial charge is 0.326 e. The van der Waals surface area contributed by atoms with Crippen molar-refractivity contribution in [2.45, 2.75) is 44.2 Å². The van der Waals surface area contributed by atoms with Crippen LogP contribution in [0.25, 0.3) is 0 Å². The van der Waals surface area contributed by atoms with Gasteiger partial charge in [0.25, 0.3) is 0 Å². The molecule has 0 unspecified atom stereocenters. The van der Waals surface area contributed by atoms with E-state index in [0.29, 0.717) is 19.4 Å². The van der Waals surface area contributed by atoms with Crippen LogP contribution in [0.3, 0.4) is 0 Å². The van der Waals surface area contributed by atoms with E-state index in [1.807, 2.05) is 0 Å². The van der Waals surface area contributed by atoms with Gasteiger partial charge in [-0.25, -0.2) is 4.79 Å². The Kier molecular flexibility index (Phi) is 8.47. The van der Waals surface area contributed by atoms with Gasteiger partial charge in [0.05, 0.1) is 6.04 Å². The van der Waals surface area contributed by atoms with E-state index < -0.39 is 29.9 Å². The molecule has 110 valence electrons. The zero-order valence-corrected chi connectivity index (χ0v) is 10.7. The van der Waals surface area contributed by atoms with Gasteiger partial charge in [0.1, 0.15) is 6.04 Å². The highest BCUT2D eigenvalue weighted by molar-refractivity contribution is 5.87. The summed E-state index contributed by atoms with van der Waals surface area (Å²) in [5, 5.41) is 19.6. The first-order valence-electron chi connectivity index (χ1n) is 6.09. The van der Waals surface area contributed by atoms with Gasteiger partial charge in [-0.05, 0) is 25.8 Å². The number of carbonyl (C=O) groups is 3. The molecule has 0 saturated heterocycles. The van der Waals surface area contributed by atoms with Crippen molar-refractivity contribution in [3.05, 3.63) is 0 Å². The van der Waals surface area contributed by atoms with Crippen molar-refractivity contribution in [1.29, 1.82) is 0 Å². The van der Waals surface area contributed by atoms with E-state index in [2.05, 4.69) is 5.32 Å². The molecule has 1 amide bonds. The molecule has 0 aromatic heterocycles. The summed E-state index contributed by atoms with van der Waals surface area (Å²) in [7, 11) is 0. The van der Waals surface area contributed by atoms with E-state index in [-0.39, 0.29) is 12.8 Å². The van der Waals surface area contributed by atoms with Crippen LogP contribution >= 0.6 is 0 Å². The van der Waals surface area contributed by atoms with Gasteiger partial charge in [-0.15, -0.1) is 0 Å². The molecule has 8 heteroatoms. The van der Waals surface area contributed by atoms with Gasteiger partial charge in [0.2, 0.25) is 5.91 Å². The molecule has 7 N–H and O–H groups in total. The highest BCUT2D eigenvalue weighted by Crippen LogP contribution is 2.02. The monoisotopic (exact) mass is 275 g/mol. The minimum Gasteiger partial charge on any atom is -0.481 e. The first-order valence-corrected chi connectivity index (χ1v) is 6.09. The lowest BCUT2D eigenvalue weighted by Crippen LogP contribution is -2.48. The van der Waals surface area contributed by atoms with E-state index in [0.717, 1.165) is 6.42 Å². The molecule has 0 aromatic carbocycles. The second kappa shape index (κ2) is 9.29. The van der Waals surface area contributed by atoms with E-state index in [4.69, 9.17) is 21.7 Å². The molecule has 19 heavy (non-hydrogen) atoms. The predicted octanol–water partition coefficient (Wildman–Crippen LogP) is -1.12. The lowest BCUT2D eigenvalue weighted by Gasteiger charge is -2.17. The summed E-state index contributed by atoms with van der Waals surface area (Å²) in [6.45, 7) is 0.505. The van der Waals surface area contributed by atoms with Crippen molar-refractivity contribution in [1.82, 2.24) is 5.32 Å². The Morgan fingerprint density at radius 2 is 1.74 bits per heavy atom. The second-order valence-electron chi connectivity index (χ2n) is 4.22. The van der Waals surface area contributed by atoms with Gasteiger partial charge in [0.15, 0.2) is 0 Å². The van der Waals surface area contributed by atoms with Crippen molar-refractivity contribution < 1.29 is 24.6 Å². The van der Waals surface area contributed by atoms with Crippen LogP contribution in [-0.4, -0.2) is 46.7 Å². The summed E-state index contributed by atoms with van der Waals surface area (Å²) in [6.07, 6.45) is 1.32. The molecule has 0 radical (unpaired) electrons. The number of nitrogens with one attached hydrogen (secondary N) is 1. The maximum absolute atomic E-state index is 11.6. The first kappa shape index (κ1) is 17.3. The van der Waals surface area contributed by atoms with Gasteiger partial charge in [-0.3, -0.25) is 9.59 Å². The maximum atomic E-state index is 11.6. The fourth-order valence-corrected chi connectivity index (χ4v) is 1.44. The van der Waals surface area contributed by atoms with Crippen molar-refractivity contribution in [2.24, 2.45) is 11.5 Å². The summed E-state index contributed by atoms with van der Waals surface area (Å²) in [5.41, 5.74) is 10.9. The number of hydrogen-bond acceptors (Lipinski definition) is 5. The van der Waals surface area contributed by atoms with Crippen LogP contribution in [0.1, 0.15) is 32.1 Å². The highest BCUT2D eigenvalue weighted by atomic mass is 16.4. The molecule has 0 aliphatic rings. The van der Waals surface area contributed by atoms with Crippen molar-refractivity contribution in [3.63, 3.8) is 0 Å². The molecule has 0 aliphatic heterocycles. The average molecular weight is 275 g/mol. The third-order valence-electron chi connectivity index (χ3n) is 2.57. The number of carbonyl (C=O) groups excluding carboxylic acids is 1. The lowest BCUT2D eigenvalue weighted by molar-refractivity contribution is -0.143. The maximum Gasteiger partial charge on any atom is 0.326 e. The summed E-state index contributed by atoms with van der Waals surface area (Å²) in [5.74, 6) is -2.98. The van der Waals surface area contributed by atoms with Crippen molar-refractivity contribution >= 4 is 17.8 Å². The van der Waals surface area contributed by atoms with Crippen LogP contribution in [0, 0.1) is 0 Å². The number of hydrogen-bond donors (Lipinski definition) is 5. The van der Waals surface area contributed by atoms with Crippen LogP contribution < -0.4 is 16.8 Å². The van der Waals surface area contributed by atoms with Crippen LogP contribution in [0.4, 0.5) is 0 Å². The molecule has 0 bridgehead atoms. The molecule has 0 aliphatic carbocycles. The number of carboxylic acid groups (broad SMARTS) is 2. The van der Waals surface area contributed by atoms with E-state index >= 15 is 0 Å². The Hall–Kier alpha value is -1.67. The fraction of sp³-hybridized carbons (Fsp3) is 0.727. The molecule has 0 aromatic rings. The SMILES string of the molecule is NCCCC[C@H](N)C(=O)N[C@H](CCC(=O)O)C(=O)O. The number of nitrogens with two attached hydrogens (primary N) is 2. The molecule has 0 spiro atoms. The minimum atomic E-state index is -1.27. The summed E-state index contributed by atoms with van der Waals surface area (Å²) in [6, 6.07) is -2.04. The lowest BCUT2D eigenvalue weighted by atomic mass is 10.1. The van der Waals surface area contributed by atoms with Crippen LogP contribution in [-0.2, 0) is 14.4 Å². The Morgan fingerprint density at radius 1 is 1.11 bits per heavy atom. The fourth-order valence-electron chi connectivity index (χ4n) is 1.44. The Morgan fingerprint density at radius 3 is 2.21 bits per heavy atom. The summed E-state index contributed by atoms with van der Waals surface area (Å²) in [4.78, 5) is 32.9. The minimum absolute atomic E-state index is 0.175. The van der Waals surface area contributed by atoms with E-state index in [1.54, 1.807) is 0 Å². The zero-order valence-electron chi connectivity index (χ0n) is 10.7. The van der Waals surface area contributed by atoms with E-state index in [1.165, 1.54) is 0 Å². The second-order valence-corrected chi connectivity index (χ2v) is 4.22. The largest absolute Gasteiger partial charge is 0.481 e.